The summed E-state index contributed by atoms with van der Waals surface area (Å²) < 4.78 is 62.9. The normalized spacial score (nSPS) is 12.2. The van der Waals surface area contributed by atoms with Crippen molar-refractivity contribution in [3.8, 4) is 11.8 Å². The van der Waals surface area contributed by atoms with Crippen LogP contribution in [0.2, 0.25) is 0 Å². The van der Waals surface area contributed by atoms with Gasteiger partial charge in [-0.05, 0) is 43.7 Å². The van der Waals surface area contributed by atoms with Gasteiger partial charge in [-0.3, -0.25) is 4.79 Å². The van der Waals surface area contributed by atoms with Crippen LogP contribution in [-0.4, -0.2) is 36.3 Å². The first-order valence-corrected chi connectivity index (χ1v) is 10.0. The monoisotopic (exact) mass is 482 g/mol. The third kappa shape index (κ3) is 6.68. The molecule has 0 bridgehead atoms. The maximum Gasteiger partial charge on any atom is 0.416 e. The highest BCUT2D eigenvalue weighted by molar-refractivity contribution is 5.94. The third-order valence-electron chi connectivity index (χ3n) is 4.66. The van der Waals surface area contributed by atoms with Gasteiger partial charge < -0.3 is 19.9 Å². The molecular weight excluding hydrogens is 460 g/mol. The summed E-state index contributed by atoms with van der Waals surface area (Å²) >= 11 is 0. The van der Waals surface area contributed by atoms with Gasteiger partial charge >= 0.3 is 12.1 Å². The van der Waals surface area contributed by atoms with Gasteiger partial charge in [-0.1, -0.05) is 6.07 Å². The lowest BCUT2D eigenvalue weighted by Crippen LogP contribution is -2.29. The molecule has 0 saturated heterocycles. The van der Waals surface area contributed by atoms with Crippen LogP contribution in [0.15, 0.2) is 30.3 Å². The van der Waals surface area contributed by atoms with Gasteiger partial charge in [-0.25, -0.2) is 9.18 Å². The van der Waals surface area contributed by atoms with E-state index in [1.807, 2.05) is 6.07 Å². The van der Waals surface area contributed by atoms with Gasteiger partial charge in [0.1, 0.15) is 17.6 Å². The van der Waals surface area contributed by atoms with Crippen molar-refractivity contribution in [3.05, 3.63) is 64.0 Å². The van der Waals surface area contributed by atoms with Crippen molar-refractivity contribution in [2.75, 3.05) is 7.11 Å². The highest BCUT2D eigenvalue weighted by atomic mass is 19.4. The molecule has 0 spiro atoms. The van der Waals surface area contributed by atoms with E-state index in [0.29, 0.717) is 11.6 Å². The second kappa shape index (κ2) is 11.0. The third-order valence-corrected chi connectivity index (χ3v) is 4.66. The Kier molecular flexibility index (Phi) is 8.59. The summed E-state index contributed by atoms with van der Waals surface area (Å²) in [6.45, 7) is 3.08. The van der Waals surface area contributed by atoms with Crippen LogP contribution in [0, 0.1) is 17.1 Å². The van der Waals surface area contributed by atoms with E-state index in [1.54, 1.807) is 13.8 Å². The number of carbonyl (C=O) groups excluding carboxylic acids is 1. The number of nitriles is 1. The number of rotatable bonds is 9. The molecule has 0 aromatic heterocycles. The minimum atomic E-state index is -4.76. The summed E-state index contributed by atoms with van der Waals surface area (Å²) in [6.07, 6.45) is -6.40. The van der Waals surface area contributed by atoms with Crippen molar-refractivity contribution < 1.29 is 41.7 Å². The van der Waals surface area contributed by atoms with Gasteiger partial charge in [0.05, 0.1) is 29.9 Å². The zero-order chi connectivity index (χ0) is 25.6. The van der Waals surface area contributed by atoms with Crippen LogP contribution in [0.3, 0.4) is 0 Å². The second-order valence-corrected chi connectivity index (χ2v) is 7.54. The number of alkyl halides is 3. The van der Waals surface area contributed by atoms with Crippen LogP contribution in [0.5, 0.6) is 5.75 Å². The summed E-state index contributed by atoms with van der Waals surface area (Å²) in [4.78, 5) is 23.9. The highest BCUT2D eigenvalue weighted by Gasteiger charge is 2.31. The fraction of sp³-hybridized carbons (Fsp3) is 0.348. The molecule has 1 amide bonds. The summed E-state index contributed by atoms with van der Waals surface area (Å²) in [5.74, 6) is -3.42. The van der Waals surface area contributed by atoms with Crippen molar-refractivity contribution in [2.45, 2.75) is 45.2 Å². The number of benzene rings is 2. The van der Waals surface area contributed by atoms with Gasteiger partial charge in [0, 0.05) is 18.5 Å². The number of carbonyl (C=O) groups is 2. The van der Waals surface area contributed by atoms with Crippen molar-refractivity contribution in [1.82, 2.24) is 5.32 Å². The zero-order valence-electron chi connectivity index (χ0n) is 18.5. The topological polar surface area (TPSA) is 109 Å². The number of methoxy groups -OCH3 is 1. The quantitative estimate of drug-likeness (QED) is 0.522. The molecule has 2 aromatic carbocycles. The summed E-state index contributed by atoms with van der Waals surface area (Å²) in [5, 5.41) is 21.2. The number of amides is 1. The number of aliphatic carboxylic acids is 1. The van der Waals surface area contributed by atoms with Crippen LogP contribution >= 0.6 is 0 Å². The molecule has 0 fully saturated rings. The van der Waals surface area contributed by atoms with Crippen LogP contribution in [0.25, 0.3) is 0 Å². The maximum atomic E-state index is 14.1. The van der Waals surface area contributed by atoms with E-state index in [4.69, 9.17) is 9.47 Å². The number of ether oxygens (including phenoxy) is 2. The Balaban J connectivity index is 2.30. The molecule has 7 nitrogen and oxygen atoms in total. The average Bonchev–Trinajstić information content (AvgIpc) is 2.75. The fourth-order valence-corrected chi connectivity index (χ4v) is 3.21. The molecule has 11 heteroatoms. The van der Waals surface area contributed by atoms with E-state index in [-0.39, 0.29) is 42.0 Å². The Bertz CT molecular complexity index is 1110. The van der Waals surface area contributed by atoms with Gasteiger partial charge in [0.15, 0.2) is 6.10 Å². The largest absolute Gasteiger partial charge is 0.495 e. The first-order valence-electron chi connectivity index (χ1n) is 10.0. The van der Waals surface area contributed by atoms with E-state index in [1.165, 1.54) is 19.2 Å². The Morgan fingerprint density at radius 2 is 1.88 bits per heavy atom. The van der Waals surface area contributed by atoms with Gasteiger partial charge in [-0.2, -0.15) is 18.4 Å². The number of hydrogen-bond acceptors (Lipinski definition) is 5. The van der Waals surface area contributed by atoms with Crippen LogP contribution in [-0.2, 0) is 28.7 Å². The lowest BCUT2D eigenvalue weighted by Gasteiger charge is -2.18. The first kappa shape index (κ1) is 26.6. The summed E-state index contributed by atoms with van der Waals surface area (Å²) in [7, 11) is 1.29. The number of halogens is 4. The molecule has 1 unspecified atom stereocenters. The zero-order valence-corrected chi connectivity index (χ0v) is 18.5. The molecule has 2 rings (SSSR count). The van der Waals surface area contributed by atoms with E-state index in [2.05, 4.69) is 5.32 Å². The molecule has 0 heterocycles. The molecule has 0 saturated carbocycles. The van der Waals surface area contributed by atoms with Crippen molar-refractivity contribution in [3.63, 3.8) is 0 Å². The summed E-state index contributed by atoms with van der Waals surface area (Å²) in [6, 6.07) is 6.40. The molecule has 0 aliphatic carbocycles. The SMILES string of the molecule is COc1c(C#N)cc(CC(OC(C)C)C(=O)O)cc1CNC(=O)c1ccc(C(F)(F)F)cc1F. The Morgan fingerprint density at radius 1 is 1.21 bits per heavy atom. The summed E-state index contributed by atoms with van der Waals surface area (Å²) in [5.41, 5.74) is -1.06. The molecule has 1 atom stereocenters. The Hall–Kier alpha value is -3.65. The predicted molar refractivity (Wildman–Crippen MR) is 112 cm³/mol. The Morgan fingerprint density at radius 3 is 2.38 bits per heavy atom. The molecular formula is C23H22F4N2O5. The molecule has 182 valence electrons. The molecule has 2 aromatic rings. The lowest BCUT2D eigenvalue weighted by atomic mass is 9.99. The van der Waals surface area contributed by atoms with Crippen LogP contribution in [0.4, 0.5) is 17.6 Å². The average molecular weight is 482 g/mol. The van der Waals surface area contributed by atoms with Crippen LogP contribution in [0.1, 0.15) is 46.5 Å². The van der Waals surface area contributed by atoms with Crippen molar-refractivity contribution in [1.29, 1.82) is 5.26 Å². The molecule has 0 aliphatic heterocycles. The van der Waals surface area contributed by atoms with E-state index in [0.717, 1.165) is 6.07 Å². The predicted octanol–water partition coefficient (Wildman–Crippen LogP) is 4.08. The number of carboxylic acids is 1. The number of hydrogen-bond donors (Lipinski definition) is 2. The van der Waals surface area contributed by atoms with Crippen molar-refractivity contribution in [2.24, 2.45) is 0 Å². The second-order valence-electron chi connectivity index (χ2n) is 7.54. The van der Waals surface area contributed by atoms with Crippen molar-refractivity contribution >= 4 is 11.9 Å². The number of carboxylic acid groups (broad SMARTS) is 1. The Labute approximate surface area is 192 Å². The van der Waals surface area contributed by atoms with E-state index >= 15 is 0 Å². The molecule has 2 N–H and O–H groups in total. The maximum absolute atomic E-state index is 14.1. The van der Waals surface area contributed by atoms with Gasteiger partial charge in [0.2, 0.25) is 0 Å². The van der Waals surface area contributed by atoms with E-state index in [9.17, 15) is 37.5 Å². The smallest absolute Gasteiger partial charge is 0.416 e. The highest BCUT2D eigenvalue weighted by Crippen LogP contribution is 2.30. The minimum Gasteiger partial charge on any atom is -0.495 e. The number of nitrogens with one attached hydrogen (secondary N) is 1. The standard InChI is InChI=1S/C23H22F4N2O5/c1-12(2)34-19(22(31)32)8-13-6-14(10-28)20(33-3)15(7-13)11-29-21(30)17-5-4-16(9-18(17)24)23(25,26)27/h4-7,9,12,19H,8,11H2,1-3H3,(H,29,30)(H,31,32). The first-order chi connectivity index (χ1) is 15.9. The van der Waals surface area contributed by atoms with Gasteiger partial charge in [0.25, 0.3) is 5.91 Å². The van der Waals surface area contributed by atoms with Crippen LogP contribution < -0.4 is 10.1 Å². The molecule has 34 heavy (non-hydrogen) atoms. The fourth-order valence-electron chi connectivity index (χ4n) is 3.21. The minimum absolute atomic E-state index is 0.0682. The molecule has 0 aliphatic rings. The van der Waals surface area contributed by atoms with Gasteiger partial charge in [-0.15, -0.1) is 0 Å². The lowest BCUT2D eigenvalue weighted by molar-refractivity contribution is -0.153. The molecule has 0 radical (unpaired) electrons. The number of nitrogens with zero attached hydrogens (tertiary/aromatic N) is 1. The van der Waals surface area contributed by atoms with E-state index < -0.39 is 41.1 Å².